The molecule has 1 aliphatic carbocycles. The van der Waals surface area contributed by atoms with E-state index in [0.29, 0.717) is 5.69 Å². The smallest absolute Gasteiger partial charge is 0.312 e. The van der Waals surface area contributed by atoms with Gasteiger partial charge in [-0.1, -0.05) is 0 Å². The molecule has 1 heterocycles. The summed E-state index contributed by atoms with van der Waals surface area (Å²) in [5, 5.41) is 14.4. The number of nitrogens with two attached hydrogens (primary N) is 1. The van der Waals surface area contributed by atoms with Gasteiger partial charge in [0.2, 0.25) is 0 Å². The number of aromatic nitrogens is 2. The summed E-state index contributed by atoms with van der Waals surface area (Å²) >= 11 is 0. The molecule has 0 unspecified atom stereocenters. The van der Waals surface area contributed by atoms with Crippen LogP contribution in [0.4, 0.5) is 5.69 Å². The molecule has 0 radical (unpaired) electrons. The third kappa shape index (κ3) is 1.10. The molecule has 0 spiro atoms. The van der Waals surface area contributed by atoms with E-state index in [1.807, 2.05) is 0 Å². The second-order valence-electron chi connectivity index (χ2n) is 3.42. The normalized spacial score (nSPS) is 18.6. The zero-order valence-electron chi connectivity index (χ0n) is 7.23. The minimum atomic E-state index is -0.506. The van der Waals surface area contributed by atoms with Crippen molar-refractivity contribution in [3.8, 4) is 0 Å². The fourth-order valence-electron chi connectivity index (χ4n) is 1.51. The molecule has 0 bridgehead atoms. The lowest BCUT2D eigenvalue weighted by molar-refractivity contribution is -0.385. The Morgan fingerprint density at radius 1 is 1.77 bits per heavy atom. The molecule has 1 fully saturated rings. The van der Waals surface area contributed by atoms with E-state index < -0.39 is 10.5 Å². The summed E-state index contributed by atoms with van der Waals surface area (Å²) in [6.45, 7) is 0. The van der Waals surface area contributed by atoms with Crippen molar-refractivity contribution >= 4 is 5.69 Å². The predicted molar refractivity (Wildman–Crippen MR) is 45.0 cm³/mol. The standard InChI is InChI=1S/C7H10N4O2/c1-10-6(7(8)2-3-7)5(4-9-10)11(12)13/h4H,2-3,8H2,1H3. The third-order valence-corrected chi connectivity index (χ3v) is 2.38. The predicted octanol–water partition coefficient (Wildman–Crippen LogP) is 0.276. The maximum atomic E-state index is 10.6. The first-order valence-corrected chi connectivity index (χ1v) is 4.00. The third-order valence-electron chi connectivity index (χ3n) is 2.38. The number of hydrogen-bond acceptors (Lipinski definition) is 4. The van der Waals surface area contributed by atoms with Gasteiger partial charge >= 0.3 is 5.69 Å². The lowest BCUT2D eigenvalue weighted by atomic mass is 10.2. The van der Waals surface area contributed by atoms with E-state index in [1.54, 1.807) is 7.05 Å². The van der Waals surface area contributed by atoms with E-state index in [4.69, 9.17) is 5.73 Å². The first-order valence-electron chi connectivity index (χ1n) is 4.00. The highest BCUT2D eigenvalue weighted by atomic mass is 16.6. The van der Waals surface area contributed by atoms with Crippen LogP contribution in [0.5, 0.6) is 0 Å². The largest absolute Gasteiger partial charge is 0.320 e. The summed E-state index contributed by atoms with van der Waals surface area (Å²) in [5.74, 6) is 0. The maximum Gasteiger partial charge on any atom is 0.312 e. The molecule has 0 atom stereocenters. The fraction of sp³-hybridized carbons (Fsp3) is 0.571. The minimum Gasteiger partial charge on any atom is -0.320 e. The van der Waals surface area contributed by atoms with Crippen LogP contribution in [0.2, 0.25) is 0 Å². The number of rotatable bonds is 2. The Balaban J connectivity index is 2.53. The van der Waals surface area contributed by atoms with Crippen LogP contribution in [0.15, 0.2) is 6.20 Å². The van der Waals surface area contributed by atoms with Gasteiger partial charge in [0.15, 0.2) is 0 Å². The molecule has 1 aromatic rings. The zero-order valence-corrected chi connectivity index (χ0v) is 7.23. The van der Waals surface area contributed by atoms with Gasteiger partial charge in [0.05, 0.1) is 10.5 Å². The lowest BCUT2D eigenvalue weighted by Crippen LogP contribution is -2.23. The highest BCUT2D eigenvalue weighted by Gasteiger charge is 2.47. The van der Waals surface area contributed by atoms with E-state index in [1.165, 1.54) is 10.9 Å². The zero-order chi connectivity index (χ0) is 9.64. The van der Waals surface area contributed by atoms with Crippen molar-refractivity contribution < 1.29 is 4.92 Å². The van der Waals surface area contributed by atoms with Crippen molar-refractivity contribution in [3.63, 3.8) is 0 Å². The van der Waals surface area contributed by atoms with Crippen molar-refractivity contribution in [2.75, 3.05) is 0 Å². The first-order chi connectivity index (χ1) is 6.04. The van der Waals surface area contributed by atoms with Gasteiger partial charge in [-0.3, -0.25) is 14.8 Å². The first kappa shape index (κ1) is 8.18. The van der Waals surface area contributed by atoms with Crippen molar-refractivity contribution in [1.82, 2.24) is 9.78 Å². The maximum absolute atomic E-state index is 10.6. The van der Waals surface area contributed by atoms with E-state index in [2.05, 4.69) is 5.10 Å². The van der Waals surface area contributed by atoms with Crippen LogP contribution >= 0.6 is 0 Å². The average molecular weight is 182 g/mol. The molecule has 1 aliphatic rings. The number of aryl methyl sites for hydroxylation is 1. The number of nitro groups is 1. The molecule has 0 amide bonds. The van der Waals surface area contributed by atoms with Gasteiger partial charge in [0.25, 0.3) is 0 Å². The molecule has 1 aromatic heterocycles. The molecule has 2 N–H and O–H groups in total. The second-order valence-corrected chi connectivity index (χ2v) is 3.42. The molecule has 70 valence electrons. The van der Waals surface area contributed by atoms with Gasteiger partial charge in [-0.15, -0.1) is 0 Å². The molecular weight excluding hydrogens is 172 g/mol. The molecule has 0 aliphatic heterocycles. The van der Waals surface area contributed by atoms with E-state index in [-0.39, 0.29) is 5.69 Å². The quantitative estimate of drug-likeness (QED) is 0.525. The van der Waals surface area contributed by atoms with E-state index >= 15 is 0 Å². The van der Waals surface area contributed by atoms with Gasteiger partial charge < -0.3 is 5.73 Å². The summed E-state index contributed by atoms with van der Waals surface area (Å²) in [4.78, 5) is 10.2. The van der Waals surface area contributed by atoms with Gasteiger partial charge in [-0.05, 0) is 12.8 Å². The van der Waals surface area contributed by atoms with E-state index in [9.17, 15) is 10.1 Å². The van der Waals surface area contributed by atoms with Crippen LogP contribution in [0, 0.1) is 10.1 Å². The summed E-state index contributed by atoms with van der Waals surface area (Å²) in [6, 6.07) is 0. The molecule has 1 saturated carbocycles. The van der Waals surface area contributed by atoms with Gasteiger partial charge in [0, 0.05) is 7.05 Å². The average Bonchev–Trinajstić information content (AvgIpc) is 2.62. The van der Waals surface area contributed by atoms with Crippen molar-refractivity contribution in [2.45, 2.75) is 18.4 Å². The summed E-state index contributed by atoms with van der Waals surface area (Å²) in [6.07, 6.45) is 2.85. The Bertz CT molecular complexity index is 367. The highest BCUT2D eigenvalue weighted by Crippen LogP contribution is 2.45. The van der Waals surface area contributed by atoms with Crippen molar-refractivity contribution in [2.24, 2.45) is 12.8 Å². The molecule has 0 saturated heterocycles. The summed E-state index contributed by atoms with van der Waals surface area (Å²) in [5.41, 5.74) is 5.95. The van der Waals surface area contributed by atoms with Crippen molar-refractivity contribution in [1.29, 1.82) is 0 Å². The Morgan fingerprint density at radius 2 is 2.38 bits per heavy atom. The lowest BCUT2D eigenvalue weighted by Gasteiger charge is -2.07. The minimum absolute atomic E-state index is 0.0301. The van der Waals surface area contributed by atoms with Crippen LogP contribution in [0.25, 0.3) is 0 Å². The van der Waals surface area contributed by atoms with Crippen LogP contribution in [0.1, 0.15) is 18.5 Å². The van der Waals surface area contributed by atoms with Crippen molar-refractivity contribution in [3.05, 3.63) is 22.0 Å². The molecule has 2 rings (SSSR count). The molecule has 13 heavy (non-hydrogen) atoms. The summed E-state index contributed by atoms with van der Waals surface area (Å²) < 4.78 is 1.49. The Hall–Kier alpha value is -1.43. The van der Waals surface area contributed by atoms with Crippen LogP contribution in [-0.4, -0.2) is 14.7 Å². The molecular formula is C7H10N4O2. The Labute approximate surface area is 74.5 Å². The SMILES string of the molecule is Cn1ncc([N+](=O)[O-])c1C1(N)CC1. The van der Waals surface area contributed by atoms with Crippen LogP contribution < -0.4 is 5.73 Å². The molecule has 6 heteroatoms. The highest BCUT2D eigenvalue weighted by molar-refractivity contribution is 5.41. The molecule has 6 nitrogen and oxygen atoms in total. The van der Waals surface area contributed by atoms with Crippen LogP contribution in [0.3, 0.4) is 0 Å². The number of nitrogens with zero attached hydrogens (tertiary/aromatic N) is 3. The van der Waals surface area contributed by atoms with Crippen LogP contribution in [-0.2, 0) is 12.6 Å². The second kappa shape index (κ2) is 2.29. The Morgan fingerprint density at radius 3 is 2.85 bits per heavy atom. The summed E-state index contributed by atoms with van der Waals surface area (Å²) in [7, 11) is 1.68. The topological polar surface area (TPSA) is 87.0 Å². The number of hydrogen-bond donors (Lipinski definition) is 1. The Kier molecular flexibility index (Phi) is 1.44. The van der Waals surface area contributed by atoms with Gasteiger partial charge in [0.1, 0.15) is 11.9 Å². The van der Waals surface area contributed by atoms with E-state index in [0.717, 1.165) is 12.8 Å². The fourth-order valence-corrected chi connectivity index (χ4v) is 1.51. The monoisotopic (exact) mass is 182 g/mol. The molecule has 0 aromatic carbocycles. The van der Waals surface area contributed by atoms with Gasteiger partial charge in [-0.25, -0.2) is 0 Å². The van der Waals surface area contributed by atoms with Gasteiger partial charge in [-0.2, -0.15) is 5.10 Å².